The molecule has 3 heteroatoms. The molecule has 1 aliphatic carbocycles. The second-order valence-electron chi connectivity index (χ2n) is 5.75. The van der Waals surface area contributed by atoms with E-state index < -0.39 is 0 Å². The number of amides is 1. The van der Waals surface area contributed by atoms with Crippen LogP contribution in [0.4, 0.5) is 0 Å². The summed E-state index contributed by atoms with van der Waals surface area (Å²) < 4.78 is 0. The number of nitrogens with one attached hydrogen (secondary N) is 2. The molecule has 19 heavy (non-hydrogen) atoms. The number of hydrogen-bond donors (Lipinski definition) is 2. The number of fused-ring (bicyclic) bond motifs is 1. The van der Waals surface area contributed by atoms with Crippen molar-refractivity contribution in [2.45, 2.75) is 38.1 Å². The van der Waals surface area contributed by atoms with Gasteiger partial charge in [-0.15, -0.1) is 0 Å². The summed E-state index contributed by atoms with van der Waals surface area (Å²) in [5.74, 6) is 0.378. The zero-order valence-corrected chi connectivity index (χ0v) is 11.3. The fraction of sp³-hybridized carbons (Fsp3) is 0.562. The Kier molecular flexibility index (Phi) is 3.83. The van der Waals surface area contributed by atoms with E-state index in [1.54, 1.807) is 0 Å². The summed E-state index contributed by atoms with van der Waals surface area (Å²) in [6, 6.07) is 9.02. The first-order valence-electron chi connectivity index (χ1n) is 7.41. The van der Waals surface area contributed by atoms with Crippen molar-refractivity contribution in [1.29, 1.82) is 0 Å². The van der Waals surface area contributed by atoms with Crippen LogP contribution in [0.2, 0.25) is 0 Å². The fourth-order valence-corrected chi connectivity index (χ4v) is 3.26. The maximum atomic E-state index is 12.2. The van der Waals surface area contributed by atoms with Gasteiger partial charge >= 0.3 is 0 Å². The van der Waals surface area contributed by atoms with Crippen LogP contribution in [-0.4, -0.2) is 25.0 Å². The van der Waals surface area contributed by atoms with Gasteiger partial charge in [-0.25, -0.2) is 0 Å². The normalized spacial score (nSPS) is 22.4. The predicted octanol–water partition coefficient (Wildman–Crippen LogP) is 1.66. The molecule has 0 bridgehead atoms. The molecule has 1 amide bonds. The minimum Gasteiger partial charge on any atom is -0.356 e. The number of hydrogen-bond acceptors (Lipinski definition) is 2. The third kappa shape index (κ3) is 2.98. The molecule has 2 aliphatic rings. The van der Waals surface area contributed by atoms with Gasteiger partial charge in [0.1, 0.15) is 0 Å². The van der Waals surface area contributed by atoms with Gasteiger partial charge in [-0.05, 0) is 49.8 Å². The molecule has 1 aromatic rings. The van der Waals surface area contributed by atoms with Gasteiger partial charge in [0, 0.05) is 18.5 Å². The molecule has 1 unspecified atom stereocenters. The van der Waals surface area contributed by atoms with Crippen molar-refractivity contribution in [3.8, 4) is 0 Å². The van der Waals surface area contributed by atoms with Crippen LogP contribution >= 0.6 is 0 Å². The molecule has 0 aromatic heterocycles. The monoisotopic (exact) mass is 258 g/mol. The molecule has 102 valence electrons. The predicted molar refractivity (Wildman–Crippen MR) is 76.0 cm³/mol. The van der Waals surface area contributed by atoms with Crippen molar-refractivity contribution >= 4 is 5.91 Å². The minimum atomic E-state index is 0.147. The highest BCUT2D eigenvalue weighted by Crippen LogP contribution is 2.26. The first-order valence-corrected chi connectivity index (χ1v) is 7.41. The van der Waals surface area contributed by atoms with E-state index in [1.807, 2.05) is 0 Å². The highest BCUT2D eigenvalue weighted by atomic mass is 16.1. The van der Waals surface area contributed by atoms with Crippen LogP contribution in [0.25, 0.3) is 0 Å². The quantitative estimate of drug-likeness (QED) is 0.862. The maximum Gasteiger partial charge on any atom is 0.223 e. The van der Waals surface area contributed by atoms with Gasteiger partial charge in [0.2, 0.25) is 5.91 Å². The minimum absolute atomic E-state index is 0.147. The Balaban J connectivity index is 1.44. The highest BCUT2D eigenvalue weighted by Gasteiger charge is 2.26. The van der Waals surface area contributed by atoms with E-state index in [2.05, 4.69) is 34.9 Å². The molecule has 3 nitrogen and oxygen atoms in total. The Bertz CT molecular complexity index is 427. The zero-order valence-electron chi connectivity index (χ0n) is 11.3. The van der Waals surface area contributed by atoms with E-state index in [1.165, 1.54) is 24.0 Å². The van der Waals surface area contributed by atoms with Gasteiger partial charge in [0.05, 0.1) is 0 Å². The lowest BCUT2D eigenvalue weighted by molar-refractivity contribution is -0.124. The van der Waals surface area contributed by atoms with Crippen LogP contribution < -0.4 is 10.6 Å². The summed E-state index contributed by atoms with van der Waals surface area (Å²) in [4.78, 5) is 12.2. The van der Waals surface area contributed by atoms with Crippen molar-refractivity contribution in [2.75, 3.05) is 13.1 Å². The smallest absolute Gasteiger partial charge is 0.223 e. The molecule has 1 atom stereocenters. The number of rotatable bonds is 4. The fourth-order valence-electron chi connectivity index (χ4n) is 3.26. The van der Waals surface area contributed by atoms with Crippen LogP contribution in [0.1, 0.15) is 30.4 Å². The second kappa shape index (κ2) is 5.74. The van der Waals surface area contributed by atoms with Gasteiger partial charge in [0.25, 0.3) is 0 Å². The van der Waals surface area contributed by atoms with Crippen molar-refractivity contribution in [1.82, 2.24) is 10.6 Å². The molecule has 3 rings (SSSR count). The molecule has 1 aromatic carbocycles. The van der Waals surface area contributed by atoms with Crippen molar-refractivity contribution in [3.63, 3.8) is 0 Å². The van der Waals surface area contributed by atoms with Gasteiger partial charge in [0.15, 0.2) is 0 Å². The van der Waals surface area contributed by atoms with Crippen LogP contribution in [0.5, 0.6) is 0 Å². The molecule has 1 saturated heterocycles. The Labute approximate surface area is 114 Å². The van der Waals surface area contributed by atoms with Gasteiger partial charge in [-0.3, -0.25) is 4.79 Å². The summed E-state index contributed by atoms with van der Waals surface area (Å²) in [5, 5.41) is 6.57. The highest BCUT2D eigenvalue weighted by molar-refractivity contribution is 5.80. The molecule has 0 spiro atoms. The van der Waals surface area contributed by atoms with Gasteiger partial charge in [-0.2, -0.15) is 0 Å². The topological polar surface area (TPSA) is 41.1 Å². The lowest BCUT2D eigenvalue weighted by Crippen LogP contribution is -2.34. The largest absolute Gasteiger partial charge is 0.356 e. The zero-order chi connectivity index (χ0) is 13.1. The van der Waals surface area contributed by atoms with Gasteiger partial charge in [-0.1, -0.05) is 24.3 Å². The molecule has 1 heterocycles. The van der Waals surface area contributed by atoms with E-state index in [0.717, 1.165) is 32.4 Å². The summed E-state index contributed by atoms with van der Waals surface area (Å²) in [6.45, 7) is 1.94. The summed E-state index contributed by atoms with van der Waals surface area (Å²) in [5.41, 5.74) is 2.69. The molecule has 0 saturated carbocycles. The molecule has 1 fully saturated rings. The number of benzene rings is 1. The van der Waals surface area contributed by atoms with Crippen LogP contribution in [0, 0.1) is 5.92 Å². The lowest BCUT2D eigenvalue weighted by atomic mass is 10.1. The molecular formula is C16H22N2O. The number of carbonyl (C=O) groups excluding carboxylic acids is 1. The van der Waals surface area contributed by atoms with Crippen LogP contribution in [0.15, 0.2) is 24.3 Å². The van der Waals surface area contributed by atoms with Crippen LogP contribution in [-0.2, 0) is 17.6 Å². The summed E-state index contributed by atoms with van der Waals surface area (Å²) >= 11 is 0. The van der Waals surface area contributed by atoms with Gasteiger partial charge < -0.3 is 10.6 Å². The molecular weight excluding hydrogens is 236 g/mol. The Morgan fingerprint density at radius 1 is 1.26 bits per heavy atom. The van der Waals surface area contributed by atoms with Crippen molar-refractivity contribution in [3.05, 3.63) is 35.4 Å². The third-order valence-corrected chi connectivity index (χ3v) is 4.38. The maximum absolute atomic E-state index is 12.2. The van der Waals surface area contributed by atoms with E-state index >= 15 is 0 Å². The Morgan fingerprint density at radius 3 is 2.63 bits per heavy atom. The summed E-state index contributed by atoms with van der Waals surface area (Å²) in [6.07, 6.45) is 5.40. The van der Waals surface area contributed by atoms with Crippen molar-refractivity contribution in [2.24, 2.45) is 5.92 Å². The summed E-state index contributed by atoms with van der Waals surface area (Å²) in [7, 11) is 0. The first-order chi connectivity index (χ1) is 9.33. The molecule has 2 N–H and O–H groups in total. The molecule has 1 aliphatic heterocycles. The Hall–Kier alpha value is -1.35. The third-order valence-electron chi connectivity index (χ3n) is 4.38. The SMILES string of the molecule is O=C(NCCC1CCCN1)C1Cc2ccccc2C1. The number of carbonyl (C=O) groups is 1. The van der Waals surface area contributed by atoms with E-state index in [9.17, 15) is 4.79 Å². The van der Waals surface area contributed by atoms with Crippen LogP contribution in [0.3, 0.4) is 0 Å². The van der Waals surface area contributed by atoms with E-state index in [-0.39, 0.29) is 11.8 Å². The van der Waals surface area contributed by atoms with E-state index in [4.69, 9.17) is 0 Å². The molecule has 0 radical (unpaired) electrons. The standard InChI is InChI=1S/C16H22N2O/c19-16(18-9-7-15-6-3-8-17-15)14-10-12-4-1-2-5-13(12)11-14/h1-2,4-5,14-15,17H,3,6-11H2,(H,18,19). The lowest BCUT2D eigenvalue weighted by Gasteiger charge is -2.13. The second-order valence-corrected chi connectivity index (χ2v) is 5.75. The average molecular weight is 258 g/mol. The average Bonchev–Trinajstić information content (AvgIpc) is 3.07. The van der Waals surface area contributed by atoms with E-state index in [0.29, 0.717) is 6.04 Å². The Morgan fingerprint density at radius 2 is 2.00 bits per heavy atom. The van der Waals surface area contributed by atoms with Crippen molar-refractivity contribution < 1.29 is 4.79 Å². The first kappa shape index (κ1) is 12.7.